The van der Waals surface area contributed by atoms with Crippen LogP contribution in [0.3, 0.4) is 0 Å². The van der Waals surface area contributed by atoms with Gasteiger partial charge in [0.1, 0.15) is 24.4 Å². The van der Waals surface area contributed by atoms with Crippen molar-refractivity contribution >= 4 is 11.9 Å². The monoisotopic (exact) mass is 976 g/mol. The Morgan fingerprint density at radius 2 is 0.971 bits per heavy atom. The Morgan fingerprint density at radius 3 is 1.48 bits per heavy atom. The van der Waals surface area contributed by atoms with E-state index >= 15 is 0 Å². The second kappa shape index (κ2) is 47.9. The number of ether oxygens (including phenoxy) is 3. The first-order valence-corrected chi connectivity index (χ1v) is 28.4. The number of allylic oxidation sites excluding steroid dienone is 7. The third-order valence-corrected chi connectivity index (χ3v) is 13.2. The molecule has 11 nitrogen and oxygen atoms in total. The van der Waals surface area contributed by atoms with Gasteiger partial charge in [-0.15, -0.1) is 0 Å². The molecular weight excluding hydrogens is 871 g/mol. The van der Waals surface area contributed by atoms with Gasteiger partial charge in [-0.1, -0.05) is 184 Å². The molecule has 1 rings (SSSR count). The largest absolute Gasteiger partial charge is 0.466 e. The maximum Gasteiger partial charge on any atom is 0.305 e. The number of carbonyl (C=O) groups is 2. The molecule has 69 heavy (non-hydrogen) atoms. The van der Waals surface area contributed by atoms with Gasteiger partial charge in [0.05, 0.1) is 32.0 Å². The highest BCUT2D eigenvalue weighted by Gasteiger charge is 2.44. The fourth-order valence-corrected chi connectivity index (χ4v) is 8.57. The fourth-order valence-electron chi connectivity index (χ4n) is 8.57. The average Bonchev–Trinajstić information content (AvgIpc) is 3.34. The SMILES string of the molecule is CCCCCCCC/C=C\CCCCCCCC(=O)OCCCCC/C=C\C/C=C\CCCCCCCCCC(=O)NC(COC1OC(CO)C(O)C(O)C1O)C(O)/C=C/CCCCCCCCC. The van der Waals surface area contributed by atoms with E-state index in [0.29, 0.717) is 19.4 Å². The van der Waals surface area contributed by atoms with E-state index in [1.165, 1.54) is 122 Å². The Labute approximate surface area is 421 Å². The minimum absolute atomic E-state index is 0.0411. The highest BCUT2D eigenvalue weighted by atomic mass is 16.7. The Bertz CT molecular complexity index is 1290. The number of rotatable bonds is 48. The third-order valence-electron chi connectivity index (χ3n) is 13.2. The van der Waals surface area contributed by atoms with Crippen LogP contribution in [0.1, 0.15) is 245 Å². The standard InChI is InChI=1S/C58H105NO10/c1-3-5-7-9-11-13-14-15-19-23-26-30-34-38-42-46-54(63)67-47-43-39-35-31-27-24-21-18-16-17-20-22-25-29-33-37-41-45-53(62)59-50(51(61)44-40-36-32-28-12-10-8-6-4-2)49-68-58-57(66)56(65)55(64)52(48-60)69-58/h15-16,18-19,24,27,40,44,50-52,55-58,60-61,64-66H,3-14,17,20-23,25-26,28-39,41-43,45-49H2,1-2H3,(H,59,62)/b18-16-,19-15-,27-24-,44-40+. The van der Waals surface area contributed by atoms with E-state index in [4.69, 9.17) is 14.2 Å². The predicted octanol–water partition coefficient (Wildman–Crippen LogP) is 12.5. The molecule has 0 aromatic carbocycles. The zero-order chi connectivity index (χ0) is 50.3. The first kappa shape index (κ1) is 64.6. The highest BCUT2D eigenvalue weighted by Crippen LogP contribution is 2.23. The minimum atomic E-state index is -1.58. The van der Waals surface area contributed by atoms with Crippen LogP contribution in [0.4, 0.5) is 0 Å². The van der Waals surface area contributed by atoms with E-state index in [2.05, 4.69) is 55.6 Å². The van der Waals surface area contributed by atoms with Crippen molar-refractivity contribution in [2.24, 2.45) is 0 Å². The van der Waals surface area contributed by atoms with Crippen LogP contribution in [0.2, 0.25) is 0 Å². The third kappa shape index (κ3) is 38.0. The number of hydrogen-bond acceptors (Lipinski definition) is 10. The van der Waals surface area contributed by atoms with Crippen molar-refractivity contribution in [2.45, 2.75) is 288 Å². The quantitative estimate of drug-likeness (QED) is 0.0196. The summed E-state index contributed by atoms with van der Waals surface area (Å²) in [7, 11) is 0. The molecule has 0 aromatic heterocycles. The molecule has 7 unspecified atom stereocenters. The lowest BCUT2D eigenvalue weighted by Crippen LogP contribution is -2.60. The number of esters is 1. The Kier molecular flexibility index (Phi) is 44.9. The van der Waals surface area contributed by atoms with Crippen LogP contribution in [0.15, 0.2) is 48.6 Å². The van der Waals surface area contributed by atoms with Crippen LogP contribution >= 0.6 is 0 Å². The first-order chi connectivity index (χ1) is 33.7. The van der Waals surface area contributed by atoms with Gasteiger partial charge in [0.15, 0.2) is 6.29 Å². The van der Waals surface area contributed by atoms with Crippen molar-refractivity contribution < 1.29 is 49.3 Å². The van der Waals surface area contributed by atoms with Crippen LogP contribution in [0.25, 0.3) is 0 Å². The van der Waals surface area contributed by atoms with Gasteiger partial charge in [0.2, 0.25) is 5.91 Å². The van der Waals surface area contributed by atoms with Gasteiger partial charge >= 0.3 is 5.97 Å². The summed E-state index contributed by atoms with van der Waals surface area (Å²) in [5.74, 6) is -0.243. The van der Waals surface area contributed by atoms with Gasteiger partial charge in [-0.05, 0) is 96.3 Å². The van der Waals surface area contributed by atoms with Gasteiger partial charge in [0, 0.05) is 12.8 Å². The number of hydrogen-bond donors (Lipinski definition) is 6. The molecule has 0 spiro atoms. The molecule has 1 amide bonds. The van der Waals surface area contributed by atoms with Crippen LogP contribution in [0.5, 0.6) is 0 Å². The zero-order valence-electron chi connectivity index (χ0n) is 44.0. The summed E-state index contributed by atoms with van der Waals surface area (Å²) in [6.45, 7) is 4.24. The summed E-state index contributed by atoms with van der Waals surface area (Å²) in [4.78, 5) is 25.0. The van der Waals surface area contributed by atoms with Crippen LogP contribution < -0.4 is 5.32 Å². The van der Waals surface area contributed by atoms with E-state index in [-0.39, 0.29) is 18.5 Å². The molecule has 1 fully saturated rings. The molecule has 1 aliphatic rings. The summed E-state index contributed by atoms with van der Waals surface area (Å²) in [6, 6.07) is -0.821. The molecule has 0 bridgehead atoms. The molecule has 0 radical (unpaired) electrons. The summed E-state index contributed by atoms with van der Waals surface area (Å²) < 4.78 is 16.6. The number of aliphatic hydroxyl groups excluding tert-OH is 5. The van der Waals surface area contributed by atoms with Crippen LogP contribution in [-0.4, -0.2) is 100 Å². The summed E-state index contributed by atoms with van der Waals surface area (Å²) in [6.07, 6.45) is 49.2. The van der Waals surface area contributed by atoms with Gasteiger partial charge in [0.25, 0.3) is 0 Å². The molecule has 0 aromatic rings. The van der Waals surface area contributed by atoms with Crippen LogP contribution in [-0.2, 0) is 23.8 Å². The lowest BCUT2D eigenvalue weighted by Gasteiger charge is -2.40. The number of carbonyl (C=O) groups excluding carboxylic acids is 2. The van der Waals surface area contributed by atoms with Gasteiger partial charge in [-0.2, -0.15) is 0 Å². The van der Waals surface area contributed by atoms with Crippen LogP contribution in [0, 0.1) is 0 Å². The van der Waals surface area contributed by atoms with E-state index in [0.717, 1.165) is 96.3 Å². The van der Waals surface area contributed by atoms with Gasteiger partial charge in [-0.25, -0.2) is 0 Å². The molecule has 402 valence electrons. The predicted molar refractivity (Wildman–Crippen MR) is 283 cm³/mol. The highest BCUT2D eigenvalue weighted by molar-refractivity contribution is 5.76. The molecule has 1 heterocycles. The molecule has 6 N–H and O–H groups in total. The van der Waals surface area contributed by atoms with Crippen molar-refractivity contribution in [3.63, 3.8) is 0 Å². The number of aliphatic hydroxyl groups is 5. The van der Waals surface area contributed by atoms with E-state index < -0.39 is 49.5 Å². The molecule has 7 atom stereocenters. The topological polar surface area (TPSA) is 175 Å². The smallest absolute Gasteiger partial charge is 0.305 e. The second-order valence-electron chi connectivity index (χ2n) is 19.6. The summed E-state index contributed by atoms with van der Waals surface area (Å²) in [5.41, 5.74) is 0. The molecular formula is C58H105NO10. The second-order valence-corrected chi connectivity index (χ2v) is 19.6. The van der Waals surface area contributed by atoms with E-state index in [9.17, 15) is 35.1 Å². The molecule has 0 saturated carbocycles. The maximum absolute atomic E-state index is 13.0. The summed E-state index contributed by atoms with van der Waals surface area (Å²) in [5, 5.41) is 54.1. The Balaban J connectivity index is 2.09. The van der Waals surface area contributed by atoms with Crippen molar-refractivity contribution in [2.75, 3.05) is 19.8 Å². The number of unbranched alkanes of at least 4 members (excludes halogenated alkanes) is 28. The first-order valence-electron chi connectivity index (χ1n) is 28.4. The molecule has 1 aliphatic heterocycles. The van der Waals surface area contributed by atoms with Crippen molar-refractivity contribution in [3.8, 4) is 0 Å². The van der Waals surface area contributed by atoms with Gasteiger partial charge in [-0.3, -0.25) is 9.59 Å². The average molecular weight is 976 g/mol. The van der Waals surface area contributed by atoms with Crippen molar-refractivity contribution in [1.29, 1.82) is 0 Å². The zero-order valence-corrected chi connectivity index (χ0v) is 44.0. The number of nitrogens with one attached hydrogen (secondary N) is 1. The van der Waals surface area contributed by atoms with Gasteiger partial charge < -0.3 is 45.1 Å². The Morgan fingerprint density at radius 1 is 0.536 bits per heavy atom. The molecule has 1 saturated heterocycles. The fraction of sp³-hybridized carbons (Fsp3) is 0.828. The minimum Gasteiger partial charge on any atom is -0.466 e. The van der Waals surface area contributed by atoms with E-state index in [1.807, 2.05) is 6.08 Å². The molecule has 11 heteroatoms. The van der Waals surface area contributed by atoms with E-state index in [1.54, 1.807) is 6.08 Å². The summed E-state index contributed by atoms with van der Waals surface area (Å²) >= 11 is 0. The maximum atomic E-state index is 13.0. The normalized spacial score (nSPS) is 19.7. The number of amides is 1. The lowest BCUT2D eigenvalue weighted by molar-refractivity contribution is -0.302. The van der Waals surface area contributed by atoms with Crippen molar-refractivity contribution in [1.82, 2.24) is 5.32 Å². The Hall–Kier alpha value is -2.38. The van der Waals surface area contributed by atoms with Crippen molar-refractivity contribution in [3.05, 3.63) is 48.6 Å². The lowest BCUT2D eigenvalue weighted by atomic mass is 9.99. The molecule has 0 aliphatic carbocycles.